The van der Waals surface area contributed by atoms with E-state index in [1.165, 1.54) is 4.40 Å². The van der Waals surface area contributed by atoms with Crippen LogP contribution in [0.3, 0.4) is 0 Å². The largest absolute Gasteiger partial charge is 0.497 e. The second-order valence-electron chi connectivity index (χ2n) is 4.75. The molecular formula is C15H9BrClF3N2O. The van der Waals surface area contributed by atoms with Gasteiger partial charge in [-0.15, -0.1) is 0 Å². The van der Waals surface area contributed by atoms with E-state index < -0.39 is 11.7 Å². The Morgan fingerprint density at radius 1 is 1.22 bits per heavy atom. The zero-order chi connectivity index (χ0) is 16.8. The lowest BCUT2D eigenvalue weighted by Crippen LogP contribution is -2.06. The van der Waals surface area contributed by atoms with Gasteiger partial charge in [-0.2, -0.15) is 13.2 Å². The van der Waals surface area contributed by atoms with Gasteiger partial charge in [0.15, 0.2) is 5.65 Å². The molecule has 3 rings (SSSR count). The first kappa shape index (κ1) is 16.1. The van der Waals surface area contributed by atoms with Gasteiger partial charge in [-0.05, 0) is 46.3 Å². The fourth-order valence-electron chi connectivity index (χ4n) is 2.16. The summed E-state index contributed by atoms with van der Waals surface area (Å²) in [6.45, 7) is 0. The van der Waals surface area contributed by atoms with Crippen molar-refractivity contribution in [2.75, 3.05) is 7.11 Å². The van der Waals surface area contributed by atoms with Gasteiger partial charge in [-0.1, -0.05) is 11.6 Å². The molecule has 2 heterocycles. The summed E-state index contributed by atoms with van der Waals surface area (Å²) in [6.07, 6.45) is -3.52. The van der Waals surface area contributed by atoms with Crippen LogP contribution < -0.4 is 4.74 Å². The molecule has 0 saturated carbocycles. The van der Waals surface area contributed by atoms with Crippen LogP contribution in [0, 0.1) is 0 Å². The van der Waals surface area contributed by atoms with Crippen molar-refractivity contribution in [3.63, 3.8) is 0 Å². The highest BCUT2D eigenvalue weighted by molar-refractivity contribution is 9.10. The van der Waals surface area contributed by atoms with Gasteiger partial charge in [0.2, 0.25) is 0 Å². The molecule has 1 aromatic carbocycles. The van der Waals surface area contributed by atoms with Crippen LogP contribution in [0.15, 0.2) is 41.1 Å². The lowest BCUT2D eigenvalue weighted by molar-refractivity contribution is -0.137. The molecule has 0 aliphatic carbocycles. The van der Waals surface area contributed by atoms with Gasteiger partial charge < -0.3 is 4.74 Å². The zero-order valence-electron chi connectivity index (χ0n) is 11.7. The highest BCUT2D eigenvalue weighted by Crippen LogP contribution is 2.36. The van der Waals surface area contributed by atoms with Crippen LogP contribution in [0.4, 0.5) is 13.2 Å². The molecule has 0 atom stereocenters. The number of halogens is 5. The van der Waals surface area contributed by atoms with Crippen molar-refractivity contribution in [2.45, 2.75) is 6.18 Å². The summed E-state index contributed by atoms with van der Waals surface area (Å²) in [5.41, 5.74) is 0.631. The minimum atomic E-state index is -4.48. The number of hydrogen-bond acceptors (Lipinski definition) is 2. The van der Waals surface area contributed by atoms with Crippen molar-refractivity contribution in [1.82, 2.24) is 9.38 Å². The minimum absolute atomic E-state index is 0.0692. The van der Waals surface area contributed by atoms with Gasteiger partial charge in [-0.25, -0.2) is 4.98 Å². The molecule has 0 spiro atoms. The van der Waals surface area contributed by atoms with E-state index in [1.54, 1.807) is 31.4 Å². The molecule has 0 amide bonds. The van der Waals surface area contributed by atoms with Crippen molar-refractivity contribution in [3.05, 3.63) is 51.7 Å². The predicted molar refractivity (Wildman–Crippen MR) is 84.9 cm³/mol. The molecular weight excluding hydrogens is 397 g/mol. The molecule has 120 valence electrons. The van der Waals surface area contributed by atoms with E-state index in [0.29, 0.717) is 16.0 Å². The monoisotopic (exact) mass is 404 g/mol. The second-order valence-corrected chi connectivity index (χ2v) is 5.91. The molecule has 3 nitrogen and oxygen atoms in total. The number of ether oxygens (including phenoxy) is 1. The fraction of sp³-hybridized carbons (Fsp3) is 0.133. The number of imidazole rings is 1. The van der Waals surface area contributed by atoms with Crippen molar-refractivity contribution in [3.8, 4) is 17.0 Å². The smallest absolute Gasteiger partial charge is 0.417 e. The second kappa shape index (κ2) is 5.72. The third-order valence-electron chi connectivity index (χ3n) is 3.31. The molecule has 0 unspecified atom stereocenters. The molecule has 0 aliphatic rings. The SMILES string of the molecule is COc1ccc(-c2nc3c(Cl)cc(C(F)(F)F)cn3c2Br)cc1. The van der Waals surface area contributed by atoms with E-state index >= 15 is 0 Å². The van der Waals surface area contributed by atoms with Crippen LogP contribution in [0.1, 0.15) is 5.56 Å². The number of rotatable bonds is 2. The van der Waals surface area contributed by atoms with Crippen molar-refractivity contribution >= 4 is 33.2 Å². The van der Waals surface area contributed by atoms with Crippen LogP contribution in [-0.2, 0) is 6.18 Å². The number of methoxy groups -OCH3 is 1. The van der Waals surface area contributed by atoms with Crippen molar-refractivity contribution in [1.29, 1.82) is 0 Å². The lowest BCUT2D eigenvalue weighted by atomic mass is 10.2. The maximum atomic E-state index is 12.9. The molecule has 0 N–H and O–H groups in total. The maximum Gasteiger partial charge on any atom is 0.417 e. The average Bonchev–Trinajstić information content (AvgIpc) is 2.84. The Morgan fingerprint density at radius 2 is 1.87 bits per heavy atom. The molecule has 0 radical (unpaired) electrons. The number of nitrogens with zero attached hydrogens (tertiary/aromatic N) is 2. The van der Waals surface area contributed by atoms with Gasteiger partial charge in [0.1, 0.15) is 16.0 Å². The first-order chi connectivity index (χ1) is 10.8. The predicted octanol–water partition coefficient (Wildman–Crippen LogP) is 5.44. The van der Waals surface area contributed by atoms with Gasteiger partial charge in [-0.3, -0.25) is 4.40 Å². The summed E-state index contributed by atoms with van der Waals surface area (Å²) in [5.74, 6) is 0.672. The zero-order valence-corrected chi connectivity index (χ0v) is 14.0. The quantitative estimate of drug-likeness (QED) is 0.567. The Hall–Kier alpha value is -1.73. The van der Waals surface area contributed by atoms with E-state index in [0.717, 1.165) is 17.8 Å². The Balaban J connectivity index is 2.19. The normalized spacial score (nSPS) is 11.9. The van der Waals surface area contributed by atoms with Gasteiger partial charge >= 0.3 is 6.18 Å². The van der Waals surface area contributed by atoms with Crippen LogP contribution >= 0.6 is 27.5 Å². The van der Waals surface area contributed by atoms with E-state index in [4.69, 9.17) is 16.3 Å². The molecule has 0 aliphatic heterocycles. The minimum Gasteiger partial charge on any atom is -0.497 e. The van der Waals surface area contributed by atoms with E-state index in [-0.39, 0.29) is 10.7 Å². The summed E-state index contributed by atoms with van der Waals surface area (Å²) in [4.78, 5) is 4.34. The third-order valence-corrected chi connectivity index (χ3v) is 4.34. The third kappa shape index (κ3) is 2.90. The van der Waals surface area contributed by atoms with Gasteiger partial charge in [0.25, 0.3) is 0 Å². The Kier molecular flexibility index (Phi) is 4.01. The Morgan fingerprint density at radius 3 is 2.43 bits per heavy atom. The topological polar surface area (TPSA) is 26.5 Å². The summed E-state index contributed by atoms with van der Waals surface area (Å²) < 4.78 is 45.5. The summed E-state index contributed by atoms with van der Waals surface area (Å²) in [6, 6.07) is 7.89. The molecule has 8 heteroatoms. The number of fused-ring (bicyclic) bond motifs is 1. The number of hydrogen-bond donors (Lipinski definition) is 0. The molecule has 2 aromatic heterocycles. The standard InChI is InChI=1S/C15H9BrClF3N2O/c1-23-10-4-2-8(3-5-10)12-13(16)22-7-9(15(18,19)20)6-11(17)14(22)21-12/h2-7H,1H3. The molecule has 23 heavy (non-hydrogen) atoms. The van der Waals surface area contributed by atoms with Gasteiger partial charge in [0.05, 0.1) is 17.7 Å². The number of benzene rings is 1. The first-order valence-corrected chi connectivity index (χ1v) is 7.57. The van der Waals surface area contributed by atoms with Crippen LogP contribution in [0.5, 0.6) is 5.75 Å². The van der Waals surface area contributed by atoms with E-state index in [2.05, 4.69) is 20.9 Å². The average molecular weight is 406 g/mol. The number of pyridine rings is 1. The molecule has 0 fully saturated rings. The Bertz CT molecular complexity index is 875. The van der Waals surface area contributed by atoms with Crippen molar-refractivity contribution < 1.29 is 17.9 Å². The highest BCUT2D eigenvalue weighted by atomic mass is 79.9. The van der Waals surface area contributed by atoms with E-state index in [1.807, 2.05) is 0 Å². The highest BCUT2D eigenvalue weighted by Gasteiger charge is 2.32. The molecule has 0 bridgehead atoms. The van der Waals surface area contributed by atoms with Crippen LogP contribution in [-0.4, -0.2) is 16.5 Å². The van der Waals surface area contributed by atoms with Crippen molar-refractivity contribution in [2.24, 2.45) is 0 Å². The molecule has 3 aromatic rings. The molecule has 0 saturated heterocycles. The van der Waals surface area contributed by atoms with Gasteiger partial charge in [0, 0.05) is 11.8 Å². The fourth-order valence-corrected chi connectivity index (χ4v) is 3.00. The summed E-state index contributed by atoms with van der Waals surface area (Å²) >= 11 is 9.27. The number of alkyl halides is 3. The van der Waals surface area contributed by atoms with Crippen LogP contribution in [0.25, 0.3) is 16.9 Å². The number of aromatic nitrogens is 2. The Labute approximate surface area is 142 Å². The summed E-state index contributed by atoms with van der Waals surface area (Å²) in [5, 5.41) is -0.0692. The summed E-state index contributed by atoms with van der Waals surface area (Å²) in [7, 11) is 1.55. The van der Waals surface area contributed by atoms with E-state index in [9.17, 15) is 13.2 Å². The maximum absolute atomic E-state index is 12.9. The van der Waals surface area contributed by atoms with Crippen LogP contribution in [0.2, 0.25) is 5.02 Å². The first-order valence-electron chi connectivity index (χ1n) is 6.40. The lowest BCUT2D eigenvalue weighted by Gasteiger charge is -2.08.